The highest BCUT2D eigenvalue weighted by molar-refractivity contribution is 7.85. The van der Waals surface area contributed by atoms with Crippen LogP contribution in [0.3, 0.4) is 0 Å². The van der Waals surface area contributed by atoms with Gasteiger partial charge in [0.2, 0.25) is 0 Å². The molecule has 5 N–H and O–H groups in total. The van der Waals surface area contributed by atoms with Crippen molar-refractivity contribution >= 4 is 69.1 Å². The molecule has 0 saturated heterocycles. The maximum Gasteiger partial charge on any atom is 0.272 e. The van der Waals surface area contributed by atoms with E-state index in [2.05, 4.69) is 31.6 Å². The van der Waals surface area contributed by atoms with Crippen LogP contribution in [0.2, 0.25) is 0 Å². The van der Waals surface area contributed by atoms with Gasteiger partial charge in [-0.05, 0) is 48.5 Å². The van der Waals surface area contributed by atoms with Crippen LogP contribution in [-0.4, -0.2) is 79.6 Å². The van der Waals surface area contributed by atoms with Crippen molar-refractivity contribution in [3.63, 3.8) is 0 Å². The van der Waals surface area contributed by atoms with E-state index in [1.807, 2.05) is 0 Å². The Morgan fingerprint density at radius 2 is 1.38 bits per heavy atom. The fourth-order valence-electron chi connectivity index (χ4n) is 4.84. The van der Waals surface area contributed by atoms with Crippen LogP contribution in [0, 0.1) is 0 Å². The van der Waals surface area contributed by atoms with E-state index in [1.165, 1.54) is 10.6 Å². The molecule has 0 aliphatic heterocycles. The van der Waals surface area contributed by atoms with Crippen LogP contribution < -0.4 is 26.6 Å². The second kappa shape index (κ2) is 16.1. The Morgan fingerprint density at radius 1 is 0.792 bits per heavy atom. The second-order valence-corrected chi connectivity index (χ2v) is 12.6. The highest BCUT2D eigenvalue weighted by Gasteiger charge is 2.19. The number of carbonyl (C=O) groups is 4. The molecule has 1 aromatic carbocycles. The first kappa shape index (κ1) is 35.7. The summed E-state index contributed by atoms with van der Waals surface area (Å²) >= 11 is 5.67. The topological polar surface area (TPSA) is 173 Å². The molecule has 4 rings (SSSR count). The maximum atomic E-state index is 13.1. The summed E-state index contributed by atoms with van der Waals surface area (Å²) in [6.07, 6.45) is 3.79. The molecular formula is C32H38ClN9O5S. The zero-order valence-electron chi connectivity index (χ0n) is 27.2. The molecule has 254 valence electrons. The summed E-state index contributed by atoms with van der Waals surface area (Å²) in [7, 11) is 7.22. The first-order valence-electron chi connectivity index (χ1n) is 14.8. The van der Waals surface area contributed by atoms with Crippen LogP contribution in [0.5, 0.6) is 0 Å². The summed E-state index contributed by atoms with van der Waals surface area (Å²) in [6.45, 7) is 0.394. The Hall–Kier alpha value is -5.15. The molecule has 3 heterocycles. The number of aromatic nitrogens is 3. The summed E-state index contributed by atoms with van der Waals surface area (Å²) in [5.41, 5.74) is 2.09. The highest BCUT2D eigenvalue weighted by Crippen LogP contribution is 2.20. The normalized spacial score (nSPS) is 11.9. The Bertz CT molecular complexity index is 1870. The number of amides is 4. The number of aliphatic imine (C=N–C) groups is 1. The van der Waals surface area contributed by atoms with E-state index >= 15 is 0 Å². The van der Waals surface area contributed by atoms with Crippen LogP contribution >= 0.6 is 11.6 Å². The van der Waals surface area contributed by atoms with Crippen molar-refractivity contribution in [1.29, 1.82) is 0 Å². The third-order valence-corrected chi connectivity index (χ3v) is 9.22. The number of nitrogens with one attached hydrogen (secondary N) is 5. The Morgan fingerprint density at radius 3 is 1.94 bits per heavy atom. The third-order valence-electron chi connectivity index (χ3n) is 7.43. The largest absolute Gasteiger partial charge is 0.377 e. The molecule has 0 aliphatic rings. The van der Waals surface area contributed by atoms with Crippen LogP contribution in [0.1, 0.15) is 48.2 Å². The molecule has 0 radical (unpaired) electrons. The number of carbonyl (C=O) groups excluding carboxylic acids is 4. The molecule has 0 fully saturated rings. The summed E-state index contributed by atoms with van der Waals surface area (Å²) in [6, 6.07) is 12.7. The van der Waals surface area contributed by atoms with E-state index in [9.17, 15) is 23.4 Å². The van der Waals surface area contributed by atoms with Gasteiger partial charge in [0, 0.05) is 82.7 Å². The number of anilines is 3. The van der Waals surface area contributed by atoms with Crippen LogP contribution in [0.4, 0.5) is 17.2 Å². The first-order valence-corrected chi connectivity index (χ1v) is 16.7. The first-order chi connectivity index (χ1) is 22.9. The molecule has 0 aliphatic carbocycles. The van der Waals surface area contributed by atoms with Crippen molar-refractivity contribution in [2.75, 3.05) is 48.2 Å². The minimum Gasteiger partial charge on any atom is -0.377 e. The van der Waals surface area contributed by atoms with Gasteiger partial charge in [-0.15, -0.1) is 11.6 Å². The minimum absolute atomic E-state index is 0.269. The van der Waals surface area contributed by atoms with E-state index in [4.69, 9.17) is 11.6 Å². The number of amidine groups is 1. The van der Waals surface area contributed by atoms with Gasteiger partial charge in [-0.3, -0.25) is 28.4 Å². The lowest BCUT2D eigenvalue weighted by atomic mass is 10.2. The molecule has 0 saturated carbocycles. The molecule has 0 spiro atoms. The van der Waals surface area contributed by atoms with E-state index in [-0.39, 0.29) is 23.2 Å². The minimum atomic E-state index is -1.24. The lowest BCUT2D eigenvalue weighted by Crippen LogP contribution is -2.30. The predicted molar refractivity (Wildman–Crippen MR) is 188 cm³/mol. The number of nitrogens with zero attached hydrogens (tertiary/aromatic N) is 4. The lowest BCUT2D eigenvalue weighted by molar-refractivity contribution is 0.0944. The molecule has 48 heavy (non-hydrogen) atoms. The SMILES string of the molecule is CN=C(CCNC(=O)c1cc(NC(=O)c2cc(NC(=O)c3ccc(NC(=O)c4ccc(S(=O)CCCl)cc4)n3C)cn2C)cn1C)NC. The maximum absolute atomic E-state index is 13.1. The van der Waals surface area contributed by atoms with E-state index in [0.29, 0.717) is 52.1 Å². The summed E-state index contributed by atoms with van der Waals surface area (Å²) < 4.78 is 16.8. The summed E-state index contributed by atoms with van der Waals surface area (Å²) in [5, 5.41) is 14.2. The number of benzene rings is 1. The number of rotatable bonds is 13. The van der Waals surface area contributed by atoms with Gasteiger partial charge in [0.05, 0.1) is 28.0 Å². The van der Waals surface area contributed by atoms with E-state index in [1.54, 1.807) is 99.2 Å². The van der Waals surface area contributed by atoms with Crippen LogP contribution in [0.25, 0.3) is 0 Å². The van der Waals surface area contributed by atoms with Crippen molar-refractivity contribution in [3.8, 4) is 0 Å². The Labute approximate surface area is 285 Å². The quantitative estimate of drug-likeness (QED) is 0.0817. The van der Waals surface area contributed by atoms with Crippen molar-refractivity contribution < 1.29 is 23.4 Å². The van der Waals surface area contributed by atoms with Crippen LogP contribution in [-0.2, 0) is 31.9 Å². The smallest absolute Gasteiger partial charge is 0.272 e. The molecule has 3 aromatic heterocycles. The van der Waals surface area contributed by atoms with Gasteiger partial charge in [0.25, 0.3) is 23.6 Å². The van der Waals surface area contributed by atoms with Gasteiger partial charge in [0.15, 0.2) is 0 Å². The molecular weight excluding hydrogens is 658 g/mol. The average molecular weight is 696 g/mol. The average Bonchev–Trinajstić information content (AvgIpc) is 3.74. The standard InChI is InChI=1S/C32H38ClN9O5S/c1-34-27(35-2)12-14-36-30(44)25-16-21(18-40(25)3)38-32(46)26-17-22(19-41(26)4)37-31(45)24-10-11-28(42(24)5)39-29(43)20-6-8-23(9-7-20)48(47)15-13-33/h6-11,16-19H,12-15H2,1-5H3,(H,34,35)(H,36,44)(H,37,45)(H,38,46)(H,39,43). The van der Waals surface area contributed by atoms with Gasteiger partial charge in [-0.2, -0.15) is 0 Å². The fourth-order valence-corrected chi connectivity index (χ4v) is 6.08. The summed E-state index contributed by atoms with van der Waals surface area (Å²) in [5.74, 6) is 0.180. The molecule has 1 unspecified atom stereocenters. The molecule has 14 nitrogen and oxygen atoms in total. The molecule has 0 bridgehead atoms. The van der Waals surface area contributed by atoms with Crippen molar-refractivity contribution in [1.82, 2.24) is 24.3 Å². The van der Waals surface area contributed by atoms with Gasteiger partial charge in [-0.1, -0.05) is 0 Å². The number of hydrogen-bond acceptors (Lipinski definition) is 6. The molecule has 4 aromatic rings. The van der Waals surface area contributed by atoms with Gasteiger partial charge < -0.3 is 40.3 Å². The number of hydrogen-bond donors (Lipinski definition) is 5. The Kier molecular flexibility index (Phi) is 12.0. The zero-order chi connectivity index (χ0) is 35.0. The molecule has 4 amide bonds. The molecule has 16 heteroatoms. The third kappa shape index (κ3) is 8.60. The van der Waals surface area contributed by atoms with E-state index in [0.717, 1.165) is 5.84 Å². The highest BCUT2D eigenvalue weighted by atomic mass is 35.5. The second-order valence-electron chi connectivity index (χ2n) is 10.7. The van der Waals surface area contributed by atoms with E-state index < -0.39 is 28.5 Å². The Balaban J connectivity index is 1.36. The number of halogens is 1. The fraction of sp³-hybridized carbons (Fsp3) is 0.281. The van der Waals surface area contributed by atoms with Gasteiger partial charge >= 0.3 is 0 Å². The monoisotopic (exact) mass is 695 g/mol. The van der Waals surface area contributed by atoms with Gasteiger partial charge in [-0.25, -0.2) is 0 Å². The lowest BCUT2D eigenvalue weighted by Gasteiger charge is -2.10. The molecule has 1 atom stereocenters. The predicted octanol–water partition coefficient (Wildman–Crippen LogP) is 3.17. The zero-order valence-corrected chi connectivity index (χ0v) is 28.8. The van der Waals surface area contributed by atoms with Crippen molar-refractivity contribution in [2.24, 2.45) is 26.1 Å². The van der Waals surface area contributed by atoms with Crippen molar-refractivity contribution in [2.45, 2.75) is 11.3 Å². The number of alkyl halides is 1. The number of aryl methyl sites for hydroxylation is 2. The van der Waals surface area contributed by atoms with Crippen LogP contribution in [0.15, 0.2) is 70.8 Å². The van der Waals surface area contributed by atoms with Gasteiger partial charge in [0.1, 0.15) is 22.9 Å². The van der Waals surface area contributed by atoms with Crippen molar-refractivity contribution in [3.05, 3.63) is 83.6 Å². The summed E-state index contributed by atoms with van der Waals surface area (Å²) in [4.78, 5) is 56.4.